The van der Waals surface area contributed by atoms with Crippen LogP contribution in [0.4, 0.5) is 8.78 Å². The largest absolute Gasteiger partial charge is 0.381 e. The van der Waals surface area contributed by atoms with E-state index in [4.69, 9.17) is 9.47 Å². The molecule has 2 aliphatic heterocycles. The minimum Gasteiger partial charge on any atom is -0.381 e. The number of sulfonamides is 1. The lowest BCUT2D eigenvalue weighted by atomic mass is 9.85. The van der Waals surface area contributed by atoms with Crippen molar-refractivity contribution >= 4 is 15.9 Å². The first-order chi connectivity index (χ1) is 17.6. The Bertz CT molecular complexity index is 1160. The minimum atomic E-state index is -3.86. The summed E-state index contributed by atoms with van der Waals surface area (Å²) in [6.45, 7) is 7.29. The van der Waals surface area contributed by atoms with Gasteiger partial charge >= 0.3 is 0 Å². The van der Waals surface area contributed by atoms with Gasteiger partial charge in [-0.05, 0) is 44.4 Å². The third-order valence-electron chi connectivity index (χ3n) is 7.13. The Morgan fingerprint density at radius 3 is 2.59 bits per heavy atom. The summed E-state index contributed by atoms with van der Waals surface area (Å²) in [6, 6.07) is 1.73. The lowest BCUT2D eigenvalue weighted by Crippen LogP contribution is -2.48. The predicted molar refractivity (Wildman–Crippen MR) is 138 cm³/mol. The highest BCUT2D eigenvalue weighted by atomic mass is 32.2. The number of allylic oxidation sites excluding steroid dienone is 4. The van der Waals surface area contributed by atoms with Gasteiger partial charge in [0.15, 0.2) is 0 Å². The van der Waals surface area contributed by atoms with E-state index in [0.717, 1.165) is 12.1 Å². The summed E-state index contributed by atoms with van der Waals surface area (Å²) < 4.78 is 70.6. The van der Waals surface area contributed by atoms with Crippen LogP contribution in [0, 0.1) is 11.6 Å². The number of nitrogens with zero attached hydrogens (tertiary/aromatic N) is 1. The van der Waals surface area contributed by atoms with E-state index in [0.29, 0.717) is 18.4 Å². The van der Waals surface area contributed by atoms with Gasteiger partial charge in [-0.3, -0.25) is 4.79 Å². The molecule has 1 aromatic rings. The number of carbonyl (C=O) groups excluding carboxylic acids is 1. The molecule has 37 heavy (non-hydrogen) atoms. The molecule has 2 saturated heterocycles. The molecular weight excluding hydrogens is 502 g/mol. The van der Waals surface area contributed by atoms with Crippen molar-refractivity contribution in [3.63, 3.8) is 0 Å². The predicted octanol–water partition coefficient (Wildman–Crippen LogP) is 4.10. The molecule has 0 radical (unpaired) electrons. The molecule has 1 N–H and O–H groups in total. The lowest BCUT2D eigenvalue weighted by molar-refractivity contribution is -0.146. The molecule has 7 nitrogen and oxygen atoms in total. The van der Waals surface area contributed by atoms with E-state index in [1.165, 1.54) is 17.4 Å². The van der Waals surface area contributed by atoms with Gasteiger partial charge in [-0.15, -0.1) is 0 Å². The first kappa shape index (κ1) is 29.2. The molecule has 0 aliphatic carbocycles. The van der Waals surface area contributed by atoms with E-state index >= 15 is 8.78 Å². The fourth-order valence-corrected chi connectivity index (χ4v) is 7.10. The zero-order chi connectivity index (χ0) is 27.2. The van der Waals surface area contributed by atoms with Gasteiger partial charge in [0, 0.05) is 56.8 Å². The molecule has 2 aliphatic rings. The van der Waals surface area contributed by atoms with Crippen LogP contribution in [0.2, 0.25) is 0 Å². The fraction of sp³-hybridized carbons (Fsp3) is 0.519. The van der Waals surface area contributed by atoms with Gasteiger partial charge < -0.3 is 14.8 Å². The Morgan fingerprint density at radius 1 is 1.27 bits per heavy atom. The second-order valence-corrected chi connectivity index (χ2v) is 11.5. The van der Waals surface area contributed by atoms with Crippen LogP contribution in [0.15, 0.2) is 48.6 Å². The number of likely N-dealkylation sites (N-methyl/N-ethyl adjacent to an activating group) is 1. The topological polar surface area (TPSA) is 84.9 Å². The van der Waals surface area contributed by atoms with Crippen molar-refractivity contribution in [1.82, 2.24) is 9.62 Å². The monoisotopic (exact) mass is 538 g/mol. The quantitative estimate of drug-likeness (QED) is 0.479. The number of rotatable bonds is 9. The van der Waals surface area contributed by atoms with Crippen LogP contribution >= 0.6 is 0 Å². The number of amides is 1. The van der Waals surface area contributed by atoms with Crippen molar-refractivity contribution in [2.75, 3.05) is 26.9 Å². The highest BCUT2D eigenvalue weighted by Crippen LogP contribution is 2.39. The number of nitrogens with one attached hydrogen (secondary N) is 1. The van der Waals surface area contributed by atoms with Crippen LogP contribution in [-0.2, 0) is 36.4 Å². The molecule has 0 unspecified atom stereocenters. The normalized spacial score (nSPS) is 24.2. The molecule has 2 atom stereocenters. The fourth-order valence-electron chi connectivity index (χ4n) is 4.89. The Labute approximate surface area is 218 Å². The number of hydrogen-bond acceptors (Lipinski definition) is 5. The van der Waals surface area contributed by atoms with Crippen LogP contribution in [0.5, 0.6) is 0 Å². The number of hydrogen-bond donors (Lipinski definition) is 1. The standard InChI is InChI=1S/C27H36F2N2O5S/c1-5-7-8-20(6-2)25-10-9-19(3)31(37(25,33)34)17-21-15-24(29)22(16-23(21)28)27(11-13-35-14-12-27)36-18-26(32)30-4/h5-8,15-16,19,25H,2,9-14,17-18H2,1,3-4H3,(H,30,32)/b7-5-,20-8+/t19-,25+/m0/s1. The summed E-state index contributed by atoms with van der Waals surface area (Å²) in [4.78, 5) is 11.8. The van der Waals surface area contributed by atoms with E-state index < -0.39 is 32.5 Å². The van der Waals surface area contributed by atoms with Gasteiger partial charge in [-0.1, -0.05) is 30.9 Å². The van der Waals surface area contributed by atoms with Crippen molar-refractivity contribution < 1.29 is 31.5 Å². The number of halogens is 2. The molecule has 0 bridgehead atoms. The van der Waals surface area contributed by atoms with E-state index in [2.05, 4.69) is 11.9 Å². The van der Waals surface area contributed by atoms with Gasteiger partial charge in [0.25, 0.3) is 0 Å². The Morgan fingerprint density at radius 2 is 1.97 bits per heavy atom. The number of ether oxygens (including phenoxy) is 2. The zero-order valence-corrected chi connectivity index (χ0v) is 22.5. The summed E-state index contributed by atoms with van der Waals surface area (Å²) in [6.07, 6.45) is 8.28. The van der Waals surface area contributed by atoms with Crippen molar-refractivity contribution in [1.29, 1.82) is 0 Å². The average molecular weight is 539 g/mol. The van der Waals surface area contributed by atoms with Crippen molar-refractivity contribution in [3.8, 4) is 0 Å². The summed E-state index contributed by atoms with van der Waals surface area (Å²) in [5.74, 6) is -1.83. The van der Waals surface area contributed by atoms with Crippen LogP contribution < -0.4 is 5.32 Å². The summed E-state index contributed by atoms with van der Waals surface area (Å²) >= 11 is 0. The molecule has 1 aromatic carbocycles. The summed E-state index contributed by atoms with van der Waals surface area (Å²) in [5, 5.41) is 1.64. The van der Waals surface area contributed by atoms with Gasteiger partial charge in [-0.25, -0.2) is 17.2 Å². The van der Waals surface area contributed by atoms with Crippen molar-refractivity contribution in [3.05, 3.63) is 71.4 Å². The first-order valence-electron chi connectivity index (χ1n) is 12.5. The second-order valence-electron chi connectivity index (χ2n) is 9.39. The Balaban J connectivity index is 1.94. The molecule has 1 amide bonds. The molecule has 3 rings (SSSR count). The smallest absolute Gasteiger partial charge is 0.245 e. The maximum Gasteiger partial charge on any atom is 0.245 e. The molecule has 0 spiro atoms. The Hall–Kier alpha value is -2.40. The summed E-state index contributed by atoms with van der Waals surface area (Å²) in [7, 11) is -2.40. The van der Waals surface area contributed by atoms with Crippen LogP contribution in [0.25, 0.3) is 0 Å². The summed E-state index contributed by atoms with van der Waals surface area (Å²) in [5.41, 5.74) is -0.730. The number of carbonyl (C=O) groups is 1. The van der Waals surface area contributed by atoms with Crippen LogP contribution in [-0.4, -0.2) is 56.8 Å². The molecule has 10 heteroatoms. The zero-order valence-electron chi connectivity index (χ0n) is 21.6. The van der Waals surface area contributed by atoms with Gasteiger partial charge in [0.1, 0.15) is 29.1 Å². The average Bonchev–Trinajstić information content (AvgIpc) is 2.88. The highest BCUT2D eigenvalue weighted by Gasteiger charge is 2.42. The SMILES string of the molecule is C=C/C(=C\C=C/C)[C@H]1CC[C@H](C)N(Cc2cc(F)c(C3(OCC(=O)NC)CCOCC3)cc2F)S1(=O)=O. The number of benzene rings is 1. The van der Waals surface area contributed by atoms with Crippen molar-refractivity contribution in [2.45, 2.75) is 63.0 Å². The maximum atomic E-state index is 15.5. The Kier molecular flexibility index (Phi) is 9.80. The molecule has 204 valence electrons. The maximum absolute atomic E-state index is 15.5. The second kappa shape index (κ2) is 12.4. The highest BCUT2D eigenvalue weighted by molar-refractivity contribution is 7.90. The van der Waals surface area contributed by atoms with Gasteiger partial charge in [0.2, 0.25) is 15.9 Å². The van der Waals surface area contributed by atoms with Crippen molar-refractivity contribution in [2.24, 2.45) is 0 Å². The van der Waals surface area contributed by atoms with Crippen LogP contribution in [0.3, 0.4) is 0 Å². The molecule has 2 fully saturated rings. The van der Waals surface area contributed by atoms with Gasteiger partial charge in [0.05, 0.1) is 0 Å². The molecule has 0 saturated carbocycles. The molecular formula is C27H36F2N2O5S. The molecule has 2 heterocycles. The van der Waals surface area contributed by atoms with E-state index in [1.54, 1.807) is 25.2 Å². The van der Waals surface area contributed by atoms with E-state index in [-0.39, 0.29) is 62.3 Å². The first-order valence-corrected chi connectivity index (χ1v) is 14.0. The lowest BCUT2D eigenvalue weighted by Gasteiger charge is -2.39. The van der Waals surface area contributed by atoms with Crippen LogP contribution in [0.1, 0.15) is 50.7 Å². The third kappa shape index (κ3) is 6.37. The van der Waals surface area contributed by atoms with E-state index in [9.17, 15) is 13.2 Å². The van der Waals surface area contributed by atoms with Gasteiger partial charge in [-0.2, -0.15) is 4.31 Å². The molecule has 0 aromatic heterocycles. The minimum absolute atomic E-state index is 0.00314. The van der Waals surface area contributed by atoms with E-state index in [1.807, 2.05) is 6.92 Å². The third-order valence-corrected chi connectivity index (χ3v) is 9.49.